The summed E-state index contributed by atoms with van der Waals surface area (Å²) in [6.45, 7) is 4.14. The molecule has 0 unspecified atom stereocenters. The fourth-order valence-corrected chi connectivity index (χ4v) is 2.37. The van der Waals surface area contributed by atoms with E-state index in [1.165, 1.54) is 3.57 Å². The van der Waals surface area contributed by atoms with E-state index in [0.717, 1.165) is 16.7 Å². The van der Waals surface area contributed by atoms with Gasteiger partial charge in [-0.15, -0.1) is 0 Å². The van der Waals surface area contributed by atoms with Crippen LogP contribution < -0.4 is 0 Å². The number of ether oxygens (including phenoxy) is 1. The van der Waals surface area contributed by atoms with Crippen molar-refractivity contribution >= 4 is 28.6 Å². The predicted octanol–water partition coefficient (Wildman–Crippen LogP) is 4.44. The second-order valence-corrected chi connectivity index (χ2v) is 5.47. The maximum Gasteiger partial charge on any atom is 0.339 e. The van der Waals surface area contributed by atoms with Crippen molar-refractivity contribution in [3.05, 3.63) is 57.2 Å². The minimum absolute atomic E-state index is 0.255. The molecule has 0 aliphatic rings. The van der Waals surface area contributed by atoms with E-state index in [4.69, 9.17) is 4.74 Å². The summed E-state index contributed by atoms with van der Waals surface area (Å²) in [5.41, 5.74) is 3.56. The van der Waals surface area contributed by atoms with Gasteiger partial charge in [0, 0.05) is 3.57 Å². The number of hydrogen-bond acceptors (Lipinski definition) is 2. The molecular weight excluding hydrogens is 351 g/mol. The summed E-state index contributed by atoms with van der Waals surface area (Å²) >= 11 is 2.27. The lowest BCUT2D eigenvalue weighted by Gasteiger charge is -2.12. The van der Waals surface area contributed by atoms with Crippen LogP contribution in [0, 0.1) is 10.5 Å². The first-order chi connectivity index (χ1) is 9.13. The van der Waals surface area contributed by atoms with E-state index in [1.807, 2.05) is 56.3 Å². The molecular formula is C16H15IO2. The lowest BCUT2D eigenvalue weighted by atomic mass is 9.96. The number of carbonyl (C=O) groups is 1. The molecule has 0 amide bonds. The van der Waals surface area contributed by atoms with Gasteiger partial charge in [0.25, 0.3) is 0 Å². The van der Waals surface area contributed by atoms with Gasteiger partial charge < -0.3 is 4.74 Å². The van der Waals surface area contributed by atoms with Gasteiger partial charge in [0.2, 0.25) is 0 Å². The van der Waals surface area contributed by atoms with E-state index in [9.17, 15) is 4.79 Å². The van der Waals surface area contributed by atoms with Crippen molar-refractivity contribution < 1.29 is 9.53 Å². The maximum atomic E-state index is 12.1. The van der Waals surface area contributed by atoms with Gasteiger partial charge in [0.05, 0.1) is 12.2 Å². The summed E-state index contributed by atoms with van der Waals surface area (Å²) in [6.07, 6.45) is 0. The lowest BCUT2D eigenvalue weighted by Crippen LogP contribution is -2.08. The van der Waals surface area contributed by atoms with Gasteiger partial charge in [0.15, 0.2) is 0 Å². The van der Waals surface area contributed by atoms with Crippen LogP contribution in [0.5, 0.6) is 0 Å². The van der Waals surface area contributed by atoms with Crippen LogP contribution in [-0.4, -0.2) is 12.6 Å². The fraction of sp³-hybridized carbons (Fsp3) is 0.188. The molecule has 0 saturated heterocycles. The topological polar surface area (TPSA) is 26.3 Å². The number of esters is 1. The number of benzene rings is 2. The Morgan fingerprint density at radius 2 is 1.84 bits per heavy atom. The molecule has 0 heterocycles. The molecule has 0 aliphatic carbocycles. The summed E-state index contributed by atoms with van der Waals surface area (Å²) < 4.78 is 6.33. The van der Waals surface area contributed by atoms with Gasteiger partial charge in [0.1, 0.15) is 0 Å². The summed E-state index contributed by atoms with van der Waals surface area (Å²) in [4.78, 5) is 12.1. The van der Waals surface area contributed by atoms with Crippen molar-refractivity contribution in [3.63, 3.8) is 0 Å². The molecule has 2 rings (SSSR count). The summed E-state index contributed by atoms with van der Waals surface area (Å²) in [7, 11) is 0. The van der Waals surface area contributed by atoms with Gasteiger partial charge in [-0.25, -0.2) is 4.79 Å². The molecule has 2 aromatic rings. The third-order valence-corrected chi connectivity index (χ3v) is 3.63. The van der Waals surface area contributed by atoms with E-state index < -0.39 is 0 Å². The van der Waals surface area contributed by atoms with Crippen molar-refractivity contribution in [2.75, 3.05) is 6.61 Å². The second kappa shape index (κ2) is 6.19. The largest absolute Gasteiger partial charge is 0.462 e. The first-order valence-corrected chi connectivity index (χ1v) is 7.24. The second-order valence-electron chi connectivity index (χ2n) is 4.22. The third kappa shape index (κ3) is 3.15. The Morgan fingerprint density at radius 1 is 1.16 bits per heavy atom. The Bertz CT molecular complexity index is 588. The quantitative estimate of drug-likeness (QED) is 0.593. The number of halogens is 1. The molecule has 98 valence electrons. The highest BCUT2D eigenvalue weighted by molar-refractivity contribution is 14.1. The van der Waals surface area contributed by atoms with Crippen LogP contribution >= 0.6 is 22.6 Å². The highest BCUT2D eigenvalue weighted by Crippen LogP contribution is 2.27. The Kier molecular flexibility index (Phi) is 4.58. The number of hydrogen-bond donors (Lipinski definition) is 0. The summed E-state index contributed by atoms with van der Waals surface area (Å²) in [6, 6.07) is 14.0. The molecule has 0 saturated carbocycles. The zero-order chi connectivity index (χ0) is 13.8. The van der Waals surface area contributed by atoms with E-state index in [1.54, 1.807) is 0 Å². The molecule has 2 aromatic carbocycles. The maximum absolute atomic E-state index is 12.1. The molecule has 0 fully saturated rings. The van der Waals surface area contributed by atoms with Gasteiger partial charge in [-0.05, 0) is 65.3 Å². The normalized spacial score (nSPS) is 10.3. The molecule has 0 bridgehead atoms. The van der Waals surface area contributed by atoms with Gasteiger partial charge in [-0.2, -0.15) is 0 Å². The van der Waals surface area contributed by atoms with E-state index in [2.05, 4.69) is 22.6 Å². The van der Waals surface area contributed by atoms with Gasteiger partial charge in [-0.3, -0.25) is 0 Å². The highest BCUT2D eigenvalue weighted by atomic mass is 127. The summed E-state index contributed by atoms with van der Waals surface area (Å²) in [5.74, 6) is -0.255. The van der Waals surface area contributed by atoms with E-state index in [-0.39, 0.29) is 5.97 Å². The van der Waals surface area contributed by atoms with Gasteiger partial charge >= 0.3 is 5.97 Å². The zero-order valence-electron chi connectivity index (χ0n) is 10.9. The van der Waals surface area contributed by atoms with Crippen molar-refractivity contribution in [2.24, 2.45) is 0 Å². The molecule has 0 aliphatic heterocycles. The van der Waals surface area contributed by atoms with E-state index in [0.29, 0.717) is 12.2 Å². The predicted molar refractivity (Wildman–Crippen MR) is 85.3 cm³/mol. The molecule has 0 spiro atoms. The van der Waals surface area contributed by atoms with Crippen LogP contribution in [0.25, 0.3) is 11.1 Å². The van der Waals surface area contributed by atoms with Crippen LogP contribution in [0.3, 0.4) is 0 Å². The minimum atomic E-state index is -0.255. The first kappa shape index (κ1) is 14.1. The van der Waals surface area contributed by atoms with Crippen molar-refractivity contribution in [2.45, 2.75) is 13.8 Å². The molecule has 0 atom stereocenters. The Balaban J connectivity index is 2.54. The molecule has 0 radical (unpaired) electrons. The lowest BCUT2D eigenvalue weighted by molar-refractivity contribution is 0.0526. The van der Waals surface area contributed by atoms with Gasteiger partial charge in [-0.1, -0.05) is 30.3 Å². The smallest absolute Gasteiger partial charge is 0.339 e. The third-order valence-electron chi connectivity index (χ3n) is 2.91. The van der Waals surface area contributed by atoms with Crippen molar-refractivity contribution in [3.8, 4) is 11.1 Å². The molecule has 3 heteroatoms. The zero-order valence-corrected chi connectivity index (χ0v) is 13.1. The molecule has 0 N–H and O–H groups in total. The average molecular weight is 366 g/mol. The Labute approximate surface area is 126 Å². The highest BCUT2D eigenvalue weighted by Gasteiger charge is 2.16. The number of rotatable bonds is 3. The number of aryl methyl sites for hydroxylation is 1. The number of carbonyl (C=O) groups excluding carboxylic acids is 1. The van der Waals surface area contributed by atoms with Crippen LogP contribution in [0.1, 0.15) is 22.8 Å². The standard InChI is InChI=1S/C16H15IO2/c1-3-19-16(18)15-11(2)5-4-6-14(15)12-7-9-13(17)10-8-12/h4-10H,3H2,1-2H3. The fourth-order valence-electron chi connectivity index (χ4n) is 2.01. The average Bonchev–Trinajstić information content (AvgIpc) is 2.39. The van der Waals surface area contributed by atoms with Crippen molar-refractivity contribution in [1.82, 2.24) is 0 Å². The monoisotopic (exact) mass is 366 g/mol. The Morgan fingerprint density at radius 3 is 2.47 bits per heavy atom. The Hall–Kier alpha value is -1.36. The molecule has 0 aromatic heterocycles. The van der Waals surface area contributed by atoms with Crippen molar-refractivity contribution in [1.29, 1.82) is 0 Å². The van der Waals surface area contributed by atoms with Crippen LogP contribution in [0.4, 0.5) is 0 Å². The first-order valence-electron chi connectivity index (χ1n) is 6.16. The van der Waals surface area contributed by atoms with Crippen LogP contribution in [-0.2, 0) is 4.74 Å². The summed E-state index contributed by atoms with van der Waals surface area (Å²) in [5, 5.41) is 0. The molecule has 2 nitrogen and oxygen atoms in total. The minimum Gasteiger partial charge on any atom is -0.462 e. The van der Waals surface area contributed by atoms with E-state index >= 15 is 0 Å². The van der Waals surface area contributed by atoms with Crippen LogP contribution in [0.15, 0.2) is 42.5 Å². The van der Waals surface area contributed by atoms with Crippen LogP contribution in [0.2, 0.25) is 0 Å². The SMILES string of the molecule is CCOC(=O)c1c(C)cccc1-c1ccc(I)cc1. The molecule has 19 heavy (non-hydrogen) atoms.